The van der Waals surface area contributed by atoms with Crippen LogP contribution in [0.25, 0.3) is 0 Å². The van der Waals surface area contributed by atoms with Gasteiger partial charge in [0, 0.05) is 18.3 Å². The number of aliphatic hydroxyl groups is 2. The first-order chi connectivity index (χ1) is 11.2. The summed E-state index contributed by atoms with van der Waals surface area (Å²) in [5, 5.41) is 21.9. The SMILES string of the molecule is C#C[C@]1(O)CC[C@H]2[C@@H]3[C@@H](O)C=C4CC(=O)CC[C@]4(C)[C@H]3CC[C@@]21C. The summed E-state index contributed by atoms with van der Waals surface area (Å²) in [6, 6.07) is 0. The third-order valence-corrected chi connectivity index (χ3v) is 8.35. The molecule has 0 aromatic heterocycles. The Morgan fingerprint density at radius 3 is 2.62 bits per heavy atom. The number of allylic oxidation sites excluding steroid dienone is 1. The van der Waals surface area contributed by atoms with Gasteiger partial charge in [0.25, 0.3) is 0 Å². The quantitative estimate of drug-likeness (QED) is 0.531. The smallest absolute Gasteiger partial charge is 0.136 e. The molecule has 0 aromatic carbocycles. The molecule has 4 aliphatic rings. The van der Waals surface area contributed by atoms with Gasteiger partial charge in [0.15, 0.2) is 0 Å². The average molecular weight is 328 g/mol. The second-order valence-electron chi connectivity index (χ2n) is 9.11. The molecule has 4 aliphatic carbocycles. The second kappa shape index (κ2) is 4.96. The van der Waals surface area contributed by atoms with Crippen LogP contribution in [0.2, 0.25) is 0 Å². The van der Waals surface area contributed by atoms with Crippen molar-refractivity contribution in [3.8, 4) is 12.3 Å². The van der Waals surface area contributed by atoms with Gasteiger partial charge < -0.3 is 10.2 Å². The minimum absolute atomic E-state index is 0.0238. The number of rotatable bonds is 0. The summed E-state index contributed by atoms with van der Waals surface area (Å²) < 4.78 is 0. The van der Waals surface area contributed by atoms with Gasteiger partial charge in [-0.15, -0.1) is 6.42 Å². The van der Waals surface area contributed by atoms with Gasteiger partial charge in [-0.2, -0.15) is 0 Å². The lowest BCUT2D eigenvalue weighted by Crippen LogP contribution is -2.57. The number of hydrogen-bond acceptors (Lipinski definition) is 3. The Balaban J connectivity index is 1.76. The van der Waals surface area contributed by atoms with Crippen LogP contribution in [-0.4, -0.2) is 27.7 Å². The van der Waals surface area contributed by atoms with E-state index in [1.54, 1.807) is 0 Å². The van der Waals surface area contributed by atoms with Crippen molar-refractivity contribution in [1.29, 1.82) is 0 Å². The molecule has 3 nitrogen and oxygen atoms in total. The lowest BCUT2D eigenvalue weighted by atomic mass is 9.46. The first-order valence-electron chi connectivity index (χ1n) is 9.36. The second-order valence-corrected chi connectivity index (χ2v) is 9.11. The summed E-state index contributed by atoms with van der Waals surface area (Å²) in [4.78, 5) is 11.9. The van der Waals surface area contributed by atoms with Crippen LogP contribution in [0.3, 0.4) is 0 Å². The van der Waals surface area contributed by atoms with E-state index in [4.69, 9.17) is 6.42 Å². The first kappa shape index (κ1) is 16.4. The normalized spacial score (nSPS) is 53.5. The number of Topliss-reactive ketones (excluding diaryl/α,β-unsaturated/α-hetero) is 1. The Bertz CT molecular complexity index is 658. The summed E-state index contributed by atoms with van der Waals surface area (Å²) in [5.74, 6) is 3.76. The van der Waals surface area contributed by atoms with E-state index < -0.39 is 11.7 Å². The highest BCUT2D eigenvalue weighted by atomic mass is 16.3. The van der Waals surface area contributed by atoms with Crippen molar-refractivity contribution >= 4 is 5.78 Å². The molecule has 0 aromatic rings. The van der Waals surface area contributed by atoms with Gasteiger partial charge in [-0.3, -0.25) is 4.79 Å². The zero-order valence-electron chi connectivity index (χ0n) is 14.7. The van der Waals surface area contributed by atoms with Crippen LogP contribution in [-0.2, 0) is 4.79 Å². The van der Waals surface area contributed by atoms with Crippen molar-refractivity contribution in [2.24, 2.45) is 28.6 Å². The van der Waals surface area contributed by atoms with E-state index in [9.17, 15) is 15.0 Å². The molecule has 0 bridgehead atoms. The van der Waals surface area contributed by atoms with E-state index in [-0.39, 0.29) is 22.7 Å². The molecular formula is C21H28O3. The summed E-state index contributed by atoms with van der Waals surface area (Å²) in [7, 11) is 0. The number of terminal acetylenes is 1. The zero-order valence-corrected chi connectivity index (χ0v) is 14.7. The summed E-state index contributed by atoms with van der Waals surface area (Å²) in [6.45, 7) is 4.42. The lowest BCUT2D eigenvalue weighted by molar-refractivity contribution is -0.130. The first-order valence-corrected chi connectivity index (χ1v) is 9.36. The third-order valence-electron chi connectivity index (χ3n) is 8.35. The fraction of sp³-hybridized carbons (Fsp3) is 0.762. The molecule has 0 unspecified atom stereocenters. The van der Waals surface area contributed by atoms with Crippen LogP contribution < -0.4 is 0 Å². The van der Waals surface area contributed by atoms with Crippen LogP contribution in [0.5, 0.6) is 0 Å². The fourth-order valence-electron chi connectivity index (χ4n) is 6.72. The van der Waals surface area contributed by atoms with Gasteiger partial charge in [0.2, 0.25) is 0 Å². The molecular weight excluding hydrogens is 300 g/mol. The molecule has 130 valence electrons. The number of hydrogen-bond donors (Lipinski definition) is 2. The maximum Gasteiger partial charge on any atom is 0.136 e. The van der Waals surface area contributed by atoms with Gasteiger partial charge in [-0.1, -0.05) is 31.4 Å². The van der Waals surface area contributed by atoms with Crippen LogP contribution >= 0.6 is 0 Å². The molecule has 7 atom stereocenters. The average Bonchev–Trinajstić information content (AvgIpc) is 2.82. The number of carbonyl (C=O) groups is 1. The van der Waals surface area contributed by atoms with Crippen molar-refractivity contribution < 1.29 is 15.0 Å². The molecule has 2 N–H and O–H groups in total. The number of fused-ring (bicyclic) bond motifs is 5. The highest BCUT2D eigenvalue weighted by Crippen LogP contribution is 2.66. The molecule has 0 aliphatic heterocycles. The molecule has 3 saturated carbocycles. The van der Waals surface area contributed by atoms with E-state index in [1.807, 2.05) is 6.08 Å². The fourth-order valence-corrected chi connectivity index (χ4v) is 6.72. The summed E-state index contributed by atoms with van der Waals surface area (Å²) >= 11 is 0. The molecule has 24 heavy (non-hydrogen) atoms. The Labute approximate surface area is 144 Å². The van der Waals surface area contributed by atoms with E-state index >= 15 is 0 Å². The standard InChI is InChI=1S/C21H28O3/c1-4-21(24)10-7-16-18-15(6-9-20(16,21)3)19(2)8-5-14(22)11-13(19)12-17(18)23/h1,12,15-18,23-24H,5-11H2,2-3H3/t15-,16-,17-,18+,19-,20-,21-/m0/s1. The van der Waals surface area contributed by atoms with Gasteiger partial charge in [-0.05, 0) is 55.3 Å². The number of aliphatic hydroxyl groups excluding tert-OH is 1. The van der Waals surface area contributed by atoms with Gasteiger partial charge in [-0.25, -0.2) is 0 Å². The Morgan fingerprint density at radius 1 is 1.21 bits per heavy atom. The highest BCUT2D eigenvalue weighted by Gasteiger charge is 2.64. The van der Waals surface area contributed by atoms with Crippen molar-refractivity contribution in [2.75, 3.05) is 0 Å². The van der Waals surface area contributed by atoms with E-state index in [0.717, 1.165) is 31.3 Å². The van der Waals surface area contributed by atoms with Crippen LogP contribution in [0.15, 0.2) is 11.6 Å². The molecule has 0 saturated heterocycles. The zero-order chi connectivity index (χ0) is 17.3. The topological polar surface area (TPSA) is 57.5 Å². The molecule has 3 heteroatoms. The molecule has 4 rings (SSSR count). The molecule has 0 heterocycles. The van der Waals surface area contributed by atoms with Crippen molar-refractivity contribution in [3.63, 3.8) is 0 Å². The summed E-state index contributed by atoms with van der Waals surface area (Å²) in [5.41, 5.74) is -0.178. The molecule has 0 spiro atoms. The maximum absolute atomic E-state index is 11.9. The summed E-state index contributed by atoms with van der Waals surface area (Å²) in [6.07, 6.45) is 12.6. The van der Waals surface area contributed by atoms with Gasteiger partial charge in [0.1, 0.15) is 11.4 Å². The van der Waals surface area contributed by atoms with Crippen molar-refractivity contribution in [1.82, 2.24) is 0 Å². The maximum atomic E-state index is 11.9. The predicted molar refractivity (Wildman–Crippen MR) is 91.9 cm³/mol. The van der Waals surface area contributed by atoms with Crippen LogP contribution in [0, 0.1) is 40.9 Å². The van der Waals surface area contributed by atoms with Gasteiger partial charge in [0.05, 0.1) is 6.10 Å². The minimum Gasteiger partial charge on any atom is -0.389 e. The van der Waals surface area contributed by atoms with E-state index in [1.165, 1.54) is 0 Å². The predicted octanol–water partition coefficient (Wildman–Crippen LogP) is 2.85. The Hall–Kier alpha value is -1.11. The lowest BCUT2D eigenvalue weighted by Gasteiger charge is -2.59. The third kappa shape index (κ3) is 1.85. The number of ketones is 1. The van der Waals surface area contributed by atoms with E-state index in [0.29, 0.717) is 31.0 Å². The molecule has 0 radical (unpaired) electrons. The van der Waals surface area contributed by atoms with Gasteiger partial charge >= 0.3 is 0 Å². The van der Waals surface area contributed by atoms with E-state index in [2.05, 4.69) is 19.8 Å². The minimum atomic E-state index is -1.05. The number of carbonyl (C=O) groups excluding carboxylic acids is 1. The van der Waals surface area contributed by atoms with Crippen molar-refractivity contribution in [3.05, 3.63) is 11.6 Å². The monoisotopic (exact) mass is 328 g/mol. The van der Waals surface area contributed by atoms with Crippen LogP contribution in [0.1, 0.15) is 58.8 Å². The molecule has 3 fully saturated rings. The van der Waals surface area contributed by atoms with Crippen LogP contribution in [0.4, 0.5) is 0 Å². The Kier molecular flexibility index (Phi) is 3.38. The highest BCUT2D eigenvalue weighted by molar-refractivity contribution is 5.82. The largest absolute Gasteiger partial charge is 0.389 e. The Morgan fingerprint density at radius 2 is 1.92 bits per heavy atom. The van der Waals surface area contributed by atoms with Crippen molar-refractivity contribution in [2.45, 2.75) is 70.5 Å². The molecule has 0 amide bonds.